The molecule has 0 rings (SSSR count). The van der Waals surface area contributed by atoms with Crippen LogP contribution in [0.3, 0.4) is 0 Å². The van der Waals surface area contributed by atoms with Crippen molar-refractivity contribution in [3.05, 3.63) is 60.8 Å². The van der Waals surface area contributed by atoms with Crippen molar-refractivity contribution in [3.63, 3.8) is 0 Å². The fourth-order valence-corrected chi connectivity index (χ4v) is 2.44. The second-order valence-corrected chi connectivity index (χ2v) is 6.49. The highest BCUT2D eigenvalue weighted by molar-refractivity contribution is 5.74. The summed E-state index contributed by atoms with van der Waals surface area (Å²) in [5.74, 6) is -0.277. The van der Waals surface area contributed by atoms with Gasteiger partial charge < -0.3 is 9.47 Å². The third-order valence-electron chi connectivity index (χ3n) is 4.08. The molecule has 158 valence electrons. The van der Waals surface area contributed by atoms with Gasteiger partial charge in [0.15, 0.2) is 6.10 Å². The van der Waals surface area contributed by atoms with Gasteiger partial charge in [0.05, 0.1) is 7.11 Å². The van der Waals surface area contributed by atoms with Crippen LogP contribution >= 0.6 is 0 Å². The molecule has 0 aromatic heterocycles. The number of methoxy groups -OCH3 is 1. The lowest BCUT2D eigenvalue weighted by atomic mass is 10.2. The second kappa shape index (κ2) is 21.4. The third-order valence-corrected chi connectivity index (χ3v) is 4.08. The van der Waals surface area contributed by atoms with E-state index in [2.05, 4.69) is 67.7 Å². The van der Waals surface area contributed by atoms with E-state index in [1.54, 1.807) is 0 Å². The van der Waals surface area contributed by atoms with Gasteiger partial charge in [-0.3, -0.25) is 0 Å². The van der Waals surface area contributed by atoms with Crippen molar-refractivity contribution in [1.82, 2.24) is 0 Å². The van der Waals surface area contributed by atoms with Crippen molar-refractivity contribution in [3.8, 4) is 0 Å². The third kappa shape index (κ3) is 17.5. The Bertz CT molecular complexity index is 498. The first-order valence-corrected chi connectivity index (χ1v) is 10.7. The highest BCUT2D eigenvalue weighted by atomic mass is 16.6. The molecule has 0 fully saturated rings. The van der Waals surface area contributed by atoms with E-state index in [1.165, 1.54) is 7.11 Å². The molecule has 0 amide bonds. The predicted molar refractivity (Wildman–Crippen MR) is 120 cm³/mol. The molecular formula is C25H40O3. The van der Waals surface area contributed by atoms with E-state index in [4.69, 9.17) is 9.47 Å². The highest BCUT2D eigenvalue weighted by Crippen LogP contribution is 2.04. The molecule has 0 aromatic carbocycles. The quantitative estimate of drug-likeness (QED) is 0.155. The van der Waals surface area contributed by atoms with E-state index in [-0.39, 0.29) is 5.97 Å². The average molecular weight is 389 g/mol. The summed E-state index contributed by atoms with van der Waals surface area (Å²) in [6.45, 7) is 4.69. The van der Waals surface area contributed by atoms with Crippen LogP contribution in [0.1, 0.15) is 71.6 Å². The number of hydrogen-bond donors (Lipinski definition) is 0. The Morgan fingerprint density at radius 1 is 0.750 bits per heavy atom. The molecule has 0 aliphatic rings. The monoisotopic (exact) mass is 388 g/mol. The van der Waals surface area contributed by atoms with E-state index < -0.39 is 6.10 Å². The van der Waals surface area contributed by atoms with Crippen LogP contribution in [-0.4, -0.2) is 25.8 Å². The van der Waals surface area contributed by atoms with Gasteiger partial charge in [-0.25, -0.2) is 4.79 Å². The first-order chi connectivity index (χ1) is 13.8. The van der Waals surface area contributed by atoms with Gasteiger partial charge in [-0.1, -0.05) is 74.6 Å². The maximum Gasteiger partial charge on any atom is 0.334 e. The summed E-state index contributed by atoms with van der Waals surface area (Å²) in [5.41, 5.74) is 0. The molecule has 3 nitrogen and oxygen atoms in total. The Balaban J connectivity index is 3.55. The van der Waals surface area contributed by atoms with Crippen LogP contribution in [0.15, 0.2) is 60.8 Å². The molecular weight excluding hydrogens is 348 g/mol. The first kappa shape index (κ1) is 26.1. The van der Waals surface area contributed by atoms with E-state index in [0.29, 0.717) is 13.0 Å². The zero-order valence-electron chi connectivity index (χ0n) is 18.1. The second-order valence-electron chi connectivity index (χ2n) is 6.49. The van der Waals surface area contributed by atoms with Crippen molar-refractivity contribution in [2.24, 2.45) is 0 Å². The number of carbonyl (C=O) groups excluding carboxylic acids is 1. The molecule has 1 atom stereocenters. The largest absolute Gasteiger partial charge is 0.467 e. The molecule has 0 spiro atoms. The molecule has 0 N–H and O–H groups in total. The van der Waals surface area contributed by atoms with Gasteiger partial charge in [-0.05, 0) is 57.8 Å². The minimum atomic E-state index is -0.418. The Kier molecular flexibility index (Phi) is 20.0. The van der Waals surface area contributed by atoms with Crippen LogP contribution in [0.4, 0.5) is 0 Å². The van der Waals surface area contributed by atoms with Gasteiger partial charge in [0.2, 0.25) is 0 Å². The zero-order chi connectivity index (χ0) is 20.7. The molecule has 28 heavy (non-hydrogen) atoms. The van der Waals surface area contributed by atoms with Crippen LogP contribution in [0.25, 0.3) is 0 Å². The van der Waals surface area contributed by atoms with Crippen LogP contribution < -0.4 is 0 Å². The number of rotatable bonds is 17. The maximum atomic E-state index is 11.4. The Morgan fingerprint density at radius 3 is 1.71 bits per heavy atom. The zero-order valence-corrected chi connectivity index (χ0v) is 18.1. The molecule has 0 aliphatic carbocycles. The topological polar surface area (TPSA) is 35.5 Å². The van der Waals surface area contributed by atoms with Crippen molar-refractivity contribution >= 4 is 5.97 Å². The lowest BCUT2D eigenvalue weighted by Gasteiger charge is -2.13. The molecule has 0 heterocycles. The fourth-order valence-electron chi connectivity index (χ4n) is 2.44. The number of hydrogen-bond acceptors (Lipinski definition) is 3. The number of carbonyl (C=O) groups is 1. The van der Waals surface area contributed by atoms with Crippen LogP contribution in [0, 0.1) is 0 Å². The Morgan fingerprint density at radius 2 is 1.25 bits per heavy atom. The van der Waals surface area contributed by atoms with Gasteiger partial charge in [-0.15, -0.1) is 0 Å². The van der Waals surface area contributed by atoms with Crippen molar-refractivity contribution < 1.29 is 14.3 Å². The first-order valence-electron chi connectivity index (χ1n) is 10.7. The normalized spacial score (nSPS) is 13.7. The Hall–Kier alpha value is -1.87. The SMILES string of the molecule is CC/C=C\C/C=C\C/C=C\C/C=C\C/C=C\CCCCOC(CC)C(=O)OC. The van der Waals surface area contributed by atoms with Gasteiger partial charge in [-0.2, -0.15) is 0 Å². The summed E-state index contributed by atoms with van der Waals surface area (Å²) < 4.78 is 10.3. The Labute approximate surface area is 172 Å². The summed E-state index contributed by atoms with van der Waals surface area (Å²) in [6.07, 6.45) is 30.5. The smallest absolute Gasteiger partial charge is 0.334 e. The van der Waals surface area contributed by atoms with Crippen LogP contribution in [0.5, 0.6) is 0 Å². The fraction of sp³-hybridized carbons (Fsp3) is 0.560. The molecule has 0 radical (unpaired) electrons. The number of allylic oxidation sites excluding steroid dienone is 10. The van der Waals surface area contributed by atoms with E-state index in [0.717, 1.165) is 51.4 Å². The van der Waals surface area contributed by atoms with Gasteiger partial charge in [0.25, 0.3) is 0 Å². The number of esters is 1. The van der Waals surface area contributed by atoms with Crippen LogP contribution in [0.2, 0.25) is 0 Å². The average Bonchev–Trinajstić information content (AvgIpc) is 2.72. The lowest BCUT2D eigenvalue weighted by molar-refractivity contribution is -0.154. The van der Waals surface area contributed by atoms with E-state index in [9.17, 15) is 4.79 Å². The van der Waals surface area contributed by atoms with E-state index >= 15 is 0 Å². The minimum absolute atomic E-state index is 0.277. The van der Waals surface area contributed by atoms with Crippen molar-refractivity contribution in [1.29, 1.82) is 0 Å². The van der Waals surface area contributed by atoms with E-state index in [1.807, 2.05) is 6.92 Å². The molecule has 0 saturated heterocycles. The standard InChI is InChI=1S/C25H40O3/c1-4-6-7-8-9-10-11-12-13-14-15-16-17-18-19-20-21-22-23-28-24(5-2)25(26)27-3/h6-7,9-10,12-13,15-16,18-19,24H,4-5,8,11,14,17,20-23H2,1-3H3/b7-6-,10-9-,13-12-,16-15-,19-18-. The molecule has 0 aromatic rings. The number of unbranched alkanes of at least 4 members (excludes halogenated alkanes) is 2. The summed E-state index contributed by atoms with van der Waals surface area (Å²) >= 11 is 0. The lowest BCUT2D eigenvalue weighted by Crippen LogP contribution is -2.25. The summed E-state index contributed by atoms with van der Waals surface area (Å²) in [6, 6.07) is 0. The number of ether oxygens (including phenoxy) is 2. The minimum Gasteiger partial charge on any atom is -0.467 e. The predicted octanol–water partition coefficient (Wildman–Crippen LogP) is 6.88. The molecule has 0 saturated carbocycles. The molecule has 1 unspecified atom stereocenters. The molecule has 3 heteroatoms. The van der Waals surface area contributed by atoms with Crippen LogP contribution in [-0.2, 0) is 14.3 Å². The summed E-state index contributed by atoms with van der Waals surface area (Å²) in [5, 5.41) is 0. The summed E-state index contributed by atoms with van der Waals surface area (Å²) in [4.78, 5) is 11.4. The molecule has 0 bridgehead atoms. The van der Waals surface area contributed by atoms with Crippen molar-refractivity contribution in [2.45, 2.75) is 77.7 Å². The van der Waals surface area contributed by atoms with Gasteiger partial charge in [0.1, 0.15) is 0 Å². The van der Waals surface area contributed by atoms with Gasteiger partial charge >= 0.3 is 5.97 Å². The van der Waals surface area contributed by atoms with Gasteiger partial charge in [0, 0.05) is 6.61 Å². The summed E-state index contributed by atoms with van der Waals surface area (Å²) in [7, 11) is 1.40. The molecule has 0 aliphatic heterocycles. The highest BCUT2D eigenvalue weighted by Gasteiger charge is 2.16. The maximum absolute atomic E-state index is 11.4. The van der Waals surface area contributed by atoms with Crippen molar-refractivity contribution in [2.75, 3.05) is 13.7 Å².